The van der Waals surface area contributed by atoms with Crippen LogP contribution in [0.15, 0.2) is 54.9 Å². The van der Waals surface area contributed by atoms with Gasteiger partial charge in [-0.1, -0.05) is 30.3 Å². The highest BCUT2D eigenvalue weighted by Gasteiger charge is 2.18. The lowest BCUT2D eigenvalue weighted by atomic mass is 10.0. The van der Waals surface area contributed by atoms with Crippen molar-refractivity contribution in [3.63, 3.8) is 0 Å². The van der Waals surface area contributed by atoms with Gasteiger partial charge in [0, 0.05) is 23.2 Å². The highest BCUT2D eigenvalue weighted by molar-refractivity contribution is 6.03. The van der Waals surface area contributed by atoms with Crippen molar-refractivity contribution in [2.45, 2.75) is 13.5 Å². The molecule has 0 fully saturated rings. The average Bonchev–Trinajstić information content (AvgIpc) is 3.07. The minimum absolute atomic E-state index is 0.0347. The van der Waals surface area contributed by atoms with Gasteiger partial charge in [-0.25, -0.2) is 9.78 Å². The van der Waals surface area contributed by atoms with Crippen LogP contribution in [-0.4, -0.2) is 25.6 Å². The van der Waals surface area contributed by atoms with Crippen LogP contribution in [0.2, 0.25) is 0 Å². The first-order valence-corrected chi connectivity index (χ1v) is 8.08. The van der Waals surface area contributed by atoms with Crippen LogP contribution in [0, 0.1) is 6.92 Å². The smallest absolute Gasteiger partial charge is 0.342 e. The van der Waals surface area contributed by atoms with Gasteiger partial charge in [-0.15, -0.1) is 0 Å². The quantitative estimate of drug-likeness (QED) is 0.437. The third-order valence-corrected chi connectivity index (χ3v) is 4.29. The summed E-state index contributed by atoms with van der Waals surface area (Å²) >= 11 is 0. The molecule has 0 unspecified atom stereocenters. The monoisotopic (exact) mass is 348 g/mol. The van der Waals surface area contributed by atoms with Gasteiger partial charge in [0.05, 0.1) is 5.69 Å². The van der Waals surface area contributed by atoms with Crippen molar-refractivity contribution in [3.05, 3.63) is 71.7 Å². The van der Waals surface area contributed by atoms with Gasteiger partial charge >= 0.3 is 5.97 Å². The van der Waals surface area contributed by atoms with E-state index in [0.717, 1.165) is 11.2 Å². The summed E-state index contributed by atoms with van der Waals surface area (Å²) in [5.74, 6) is -1.03. The topological polar surface area (TPSA) is 84.1 Å². The highest BCUT2D eigenvalue weighted by Crippen LogP contribution is 2.35. The summed E-state index contributed by atoms with van der Waals surface area (Å²) in [5.41, 5.74) is 2.32. The first-order chi connectivity index (χ1) is 12.5. The number of carbonyl (C=O) groups is 1. The summed E-state index contributed by atoms with van der Waals surface area (Å²) in [6.45, 7) is 1.92. The number of phenols is 2. The van der Waals surface area contributed by atoms with E-state index in [1.807, 2.05) is 29.7 Å². The first kappa shape index (κ1) is 16.0. The van der Waals surface area contributed by atoms with E-state index in [0.29, 0.717) is 16.5 Å². The van der Waals surface area contributed by atoms with Gasteiger partial charge in [-0.2, -0.15) is 0 Å². The number of carbonyl (C=O) groups excluding carboxylic acids is 1. The Morgan fingerprint density at radius 3 is 2.69 bits per heavy atom. The van der Waals surface area contributed by atoms with Crippen LogP contribution >= 0.6 is 0 Å². The van der Waals surface area contributed by atoms with E-state index in [4.69, 9.17) is 4.74 Å². The van der Waals surface area contributed by atoms with Crippen LogP contribution in [0.3, 0.4) is 0 Å². The predicted octanol–water partition coefficient (Wildman–Crippen LogP) is 3.56. The molecular formula is C20H16N2O4. The van der Waals surface area contributed by atoms with Gasteiger partial charge in [-0.3, -0.25) is 0 Å². The molecule has 0 saturated carbocycles. The zero-order chi connectivity index (χ0) is 18.3. The van der Waals surface area contributed by atoms with E-state index >= 15 is 0 Å². The number of aryl methyl sites for hydroxylation is 1. The van der Waals surface area contributed by atoms with Gasteiger partial charge in [0.2, 0.25) is 0 Å². The third-order valence-electron chi connectivity index (χ3n) is 4.29. The van der Waals surface area contributed by atoms with Crippen molar-refractivity contribution in [1.82, 2.24) is 9.38 Å². The Morgan fingerprint density at radius 1 is 1.15 bits per heavy atom. The summed E-state index contributed by atoms with van der Waals surface area (Å²) in [6, 6.07) is 11.8. The van der Waals surface area contributed by atoms with Crippen molar-refractivity contribution in [3.8, 4) is 11.5 Å². The summed E-state index contributed by atoms with van der Waals surface area (Å²) in [6.07, 6.45) is 3.65. The van der Waals surface area contributed by atoms with Crippen LogP contribution in [0.25, 0.3) is 16.4 Å². The fourth-order valence-electron chi connectivity index (χ4n) is 2.99. The minimum Gasteiger partial charge on any atom is -0.507 e. The number of rotatable bonds is 3. The molecule has 0 radical (unpaired) electrons. The van der Waals surface area contributed by atoms with Crippen molar-refractivity contribution >= 4 is 22.4 Å². The molecule has 2 N–H and O–H groups in total. The van der Waals surface area contributed by atoms with Crippen LogP contribution in [0.5, 0.6) is 11.5 Å². The molecule has 6 heteroatoms. The first-order valence-electron chi connectivity index (χ1n) is 8.08. The molecule has 0 atom stereocenters. The normalized spacial score (nSPS) is 11.1. The lowest BCUT2D eigenvalue weighted by Gasteiger charge is -2.09. The SMILES string of the molecule is Cc1cccn2cc(COC(=O)c3cc(O)c4ccccc4c3O)nc12. The summed E-state index contributed by atoms with van der Waals surface area (Å²) in [7, 11) is 0. The maximum Gasteiger partial charge on any atom is 0.342 e. The number of nitrogens with zero attached hydrogens (tertiary/aromatic N) is 2. The summed E-state index contributed by atoms with van der Waals surface area (Å²) in [4.78, 5) is 16.8. The van der Waals surface area contributed by atoms with Crippen molar-refractivity contribution < 1.29 is 19.7 Å². The molecule has 2 aromatic carbocycles. The van der Waals surface area contributed by atoms with Crippen LogP contribution in [0.4, 0.5) is 0 Å². The fraction of sp³-hybridized carbons (Fsp3) is 0.100. The number of ether oxygens (including phenoxy) is 1. The van der Waals surface area contributed by atoms with Crippen LogP contribution in [0.1, 0.15) is 21.6 Å². The van der Waals surface area contributed by atoms with E-state index < -0.39 is 5.97 Å². The molecule has 0 aliphatic carbocycles. The maximum atomic E-state index is 12.4. The van der Waals surface area contributed by atoms with E-state index in [-0.39, 0.29) is 23.7 Å². The lowest BCUT2D eigenvalue weighted by molar-refractivity contribution is 0.0465. The second kappa shape index (κ2) is 6.07. The number of pyridine rings is 1. The number of aromatic hydroxyl groups is 2. The molecule has 130 valence electrons. The average molecular weight is 348 g/mol. The van der Waals surface area contributed by atoms with Crippen LogP contribution in [-0.2, 0) is 11.3 Å². The summed E-state index contributed by atoms with van der Waals surface area (Å²) in [5, 5.41) is 21.3. The second-order valence-electron chi connectivity index (χ2n) is 6.07. The Kier molecular flexibility index (Phi) is 3.73. The molecule has 0 aliphatic heterocycles. The predicted molar refractivity (Wildman–Crippen MR) is 96.3 cm³/mol. The second-order valence-corrected chi connectivity index (χ2v) is 6.07. The molecule has 6 nitrogen and oxygen atoms in total. The number of imidazole rings is 1. The van der Waals surface area contributed by atoms with Gasteiger partial charge in [0.25, 0.3) is 0 Å². The van der Waals surface area contributed by atoms with Gasteiger partial charge in [-0.05, 0) is 24.6 Å². The molecule has 4 rings (SSSR count). The highest BCUT2D eigenvalue weighted by atomic mass is 16.5. The zero-order valence-electron chi connectivity index (χ0n) is 14.0. The third kappa shape index (κ3) is 2.61. The molecule has 0 amide bonds. The van der Waals surface area contributed by atoms with Gasteiger partial charge < -0.3 is 19.4 Å². The van der Waals surface area contributed by atoms with E-state index in [2.05, 4.69) is 4.98 Å². The molecule has 0 aliphatic rings. The Labute approximate surface area is 148 Å². The van der Waals surface area contributed by atoms with Gasteiger partial charge in [0.1, 0.15) is 29.3 Å². The fourth-order valence-corrected chi connectivity index (χ4v) is 2.99. The minimum atomic E-state index is -0.725. The number of aromatic nitrogens is 2. The lowest BCUT2D eigenvalue weighted by Crippen LogP contribution is -2.06. The molecule has 2 heterocycles. The van der Waals surface area contributed by atoms with Crippen LogP contribution < -0.4 is 0 Å². The maximum absolute atomic E-state index is 12.4. The molecular weight excluding hydrogens is 332 g/mol. The number of fused-ring (bicyclic) bond motifs is 2. The molecule has 2 aromatic heterocycles. The van der Waals surface area contributed by atoms with Crippen molar-refractivity contribution in [1.29, 1.82) is 0 Å². The Balaban J connectivity index is 1.61. The Bertz CT molecular complexity index is 1150. The van der Waals surface area contributed by atoms with E-state index in [1.165, 1.54) is 6.07 Å². The van der Waals surface area contributed by atoms with E-state index in [9.17, 15) is 15.0 Å². The molecule has 0 spiro atoms. The van der Waals surface area contributed by atoms with Crippen molar-refractivity contribution in [2.24, 2.45) is 0 Å². The number of benzene rings is 2. The Morgan fingerprint density at radius 2 is 1.92 bits per heavy atom. The van der Waals surface area contributed by atoms with Crippen molar-refractivity contribution in [2.75, 3.05) is 0 Å². The zero-order valence-corrected chi connectivity index (χ0v) is 14.0. The number of phenolic OH excluding ortho intramolecular Hbond substituents is 2. The van der Waals surface area contributed by atoms with Gasteiger partial charge in [0.15, 0.2) is 0 Å². The molecule has 4 aromatic rings. The molecule has 26 heavy (non-hydrogen) atoms. The molecule has 0 saturated heterocycles. The Hall–Kier alpha value is -3.54. The standard InChI is InChI=1S/C20H16N2O4/c1-12-5-4-8-22-10-13(21-19(12)22)11-26-20(25)16-9-17(23)14-6-2-3-7-15(14)18(16)24/h2-10,23-24H,11H2,1H3. The molecule has 0 bridgehead atoms. The number of esters is 1. The number of hydrogen-bond donors (Lipinski definition) is 2. The number of hydrogen-bond acceptors (Lipinski definition) is 5. The largest absolute Gasteiger partial charge is 0.507 e. The van der Waals surface area contributed by atoms with E-state index in [1.54, 1.807) is 30.5 Å². The summed E-state index contributed by atoms with van der Waals surface area (Å²) < 4.78 is 7.14.